The van der Waals surface area contributed by atoms with Crippen molar-refractivity contribution in [1.29, 1.82) is 0 Å². The molecule has 2 aromatic carbocycles. The lowest BCUT2D eigenvalue weighted by Gasteiger charge is -2.17. The van der Waals surface area contributed by atoms with Gasteiger partial charge in [-0.25, -0.2) is 0 Å². The average Bonchev–Trinajstić information content (AvgIpc) is 2.89. The van der Waals surface area contributed by atoms with Crippen molar-refractivity contribution in [3.63, 3.8) is 0 Å². The number of esters is 1. The first-order valence-corrected chi connectivity index (χ1v) is 8.94. The Morgan fingerprint density at radius 3 is 2.25 bits per heavy atom. The van der Waals surface area contributed by atoms with Crippen molar-refractivity contribution >= 4 is 52.6 Å². The minimum Gasteiger partial charge on any atom is -0.451 e. The van der Waals surface area contributed by atoms with E-state index < -0.39 is 36.3 Å². The molecule has 0 radical (unpaired) electrons. The second-order valence-corrected chi connectivity index (χ2v) is 6.83. The number of carbonyl (C=O) groups excluding carboxylic acids is 4. The molecule has 144 valence electrons. The molecule has 1 aliphatic heterocycles. The Balaban J connectivity index is 1.59. The molecule has 0 bridgehead atoms. The number of rotatable bonds is 5. The van der Waals surface area contributed by atoms with Gasteiger partial charge in [0, 0.05) is 5.02 Å². The molecule has 0 aliphatic carbocycles. The molecule has 1 atom stereocenters. The van der Waals surface area contributed by atoms with Crippen LogP contribution in [-0.2, 0) is 14.3 Å². The van der Waals surface area contributed by atoms with Crippen molar-refractivity contribution in [2.24, 2.45) is 0 Å². The number of hydrogen-bond acceptors (Lipinski definition) is 5. The standard InChI is InChI=1S/C19H14Cl2N2O5/c1-10(17(25)22-15-7-6-11(20)8-14(15)21)28-16(24)9-23-18(26)12-4-2-3-5-13(12)19(23)27/h2-8,10H,9H2,1H3,(H,22,25)/t10-/m1/s1. The van der Waals surface area contributed by atoms with Crippen molar-refractivity contribution in [1.82, 2.24) is 4.90 Å². The highest BCUT2D eigenvalue weighted by atomic mass is 35.5. The highest BCUT2D eigenvalue weighted by Crippen LogP contribution is 2.26. The van der Waals surface area contributed by atoms with Crippen molar-refractivity contribution in [2.45, 2.75) is 13.0 Å². The molecule has 3 amide bonds. The van der Waals surface area contributed by atoms with Gasteiger partial charge in [-0.3, -0.25) is 24.1 Å². The number of ether oxygens (including phenoxy) is 1. The number of halogens is 2. The number of benzene rings is 2. The third kappa shape index (κ3) is 4.00. The monoisotopic (exact) mass is 420 g/mol. The van der Waals surface area contributed by atoms with Crippen LogP contribution < -0.4 is 5.32 Å². The van der Waals surface area contributed by atoms with Crippen LogP contribution in [0.25, 0.3) is 0 Å². The zero-order valence-electron chi connectivity index (χ0n) is 14.6. The fourth-order valence-electron chi connectivity index (χ4n) is 2.63. The lowest BCUT2D eigenvalue weighted by atomic mass is 10.1. The van der Waals surface area contributed by atoms with Crippen LogP contribution in [0.4, 0.5) is 5.69 Å². The number of nitrogens with one attached hydrogen (secondary N) is 1. The van der Waals surface area contributed by atoms with Crippen molar-refractivity contribution in [3.05, 3.63) is 63.6 Å². The van der Waals surface area contributed by atoms with Crippen LogP contribution in [0.3, 0.4) is 0 Å². The number of fused-ring (bicyclic) bond motifs is 1. The van der Waals surface area contributed by atoms with E-state index >= 15 is 0 Å². The predicted molar refractivity (Wildman–Crippen MR) is 102 cm³/mol. The molecule has 1 aliphatic rings. The Labute approximate surface area is 170 Å². The van der Waals surface area contributed by atoms with Crippen molar-refractivity contribution in [3.8, 4) is 0 Å². The molecule has 3 rings (SSSR count). The third-order valence-electron chi connectivity index (χ3n) is 4.03. The van der Waals surface area contributed by atoms with Gasteiger partial charge in [0.05, 0.1) is 21.8 Å². The molecule has 1 heterocycles. The van der Waals surface area contributed by atoms with Crippen LogP contribution in [0.15, 0.2) is 42.5 Å². The van der Waals surface area contributed by atoms with E-state index in [1.807, 2.05) is 0 Å². The molecule has 0 spiro atoms. The van der Waals surface area contributed by atoms with E-state index in [9.17, 15) is 19.2 Å². The summed E-state index contributed by atoms with van der Waals surface area (Å²) >= 11 is 11.8. The van der Waals surface area contributed by atoms with Crippen molar-refractivity contribution < 1.29 is 23.9 Å². The Kier molecular flexibility index (Phi) is 5.67. The number of hydrogen-bond donors (Lipinski definition) is 1. The molecule has 28 heavy (non-hydrogen) atoms. The van der Waals surface area contributed by atoms with E-state index in [0.29, 0.717) is 10.7 Å². The topological polar surface area (TPSA) is 92.8 Å². The van der Waals surface area contributed by atoms with Crippen LogP contribution in [-0.4, -0.2) is 41.2 Å². The Hall–Kier alpha value is -2.90. The lowest BCUT2D eigenvalue weighted by Crippen LogP contribution is -2.38. The van der Waals surface area contributed by atoms with E-state index in [0.717, 1.165) is 4.90 Å². The molecule has 0 aromatic heterocycles. The molecule has 7 nitrogen and oxygen atoms in total. The van der Waals surface area contributed by atoms with Gasteiger partial charge >= 0.3 is 5.97 Å². The van der Waals surface area contributed by atoms with E-state index in [-0.39, 0.29) is 16.1 Å². The van der Waals surface area contributed by atoms with Crippen LogP contribution in [0.2, 0.25) is 10.0 Å². The maximum absolute atomic E-state index is 12.3. The molecule has 9 heteroatoms. The van der Waals surface area contributed by atoms with Crippen LogP contribution in [0, 0.1) is 0 Å². The number of anilines is 1. The van der Waals surface area contributed by atoms with E-state index in [1.165, 1.54) is 31.2 Å². The minimum atomic E-state index is -1.17. The summed E-state index contributed by atoms with van der Waals surface area (Å²) in [4.78, 5) is 49.6. The first-order chi connectivity index (χ1) is 13.3. The van der Waals surface area contributed by atoms with Gasteiger partial charge in [-0.2, -0.15) is 0 Å². The smallest absolute Gasteiger partial charge is 0.326 e. The summed E-state index contributed by atoms with van der Waals surface area (Å²) in [7, 11) is 0. The van der Waals surface area contributed by atoms with Gasteiger partial charge in [0.2, 0.25) is 0 Å². The highest BCUT2D eigenvalue weighted by Gasteiger charge is 2.37. The number of carbonyl (C=O) groups is 4. The summed E-state index contributed by atoms with van der Waals surface area (Å²) in [5, 5.41) is 3.15. The van der Waals surface area contributed by atoms with Gasteiger partial charge in [0.1, 0.15) is 6.54 Å². The Bertz CT molecular complexity index is 957. The lowest BCUT2D eigenvalue weighted by molar-refractivity contribution is -0.153. The van der Waals surface area contributed by atoms with Gasteiger partial charge < -0.3 is 10.1 Å². The van der Waals surface area contributed by atoms with E-state index in [2.05, 4.69) is 5.32 Å². The van der Waals surface area contributed by atoms with Gasteiger partial charge in [0.25, 0.3) is 17.7 Å². The Morgan fingerprint density at radius 2 is 1.68 bits per heavy atom. The first-order valence-electron chi connectivity index (χ1n) is 8.18. The molecule has 0 saturated heterocycles. The number of amides is 3. The zero-order chi connectivity index (χ0) is 20.4. The summed E-state index contributed by atoms with van der Waals surface area (Å²) in [6, 6.07) is 10.8. The van der Waals surface area contributed by atoms with Gasteiger partial charge in [-0.05, 0) is 37.3 Å². The molecular formula is C19H14Cl2N2O5. The molecule has 0 unspecified atom stereocenters. The van der Waals surface area contributed by atoms with Gasteiger partial charge in [-0.1, -0.05) is 35.3 Å². The van der Waals surface area contributed by atoms with E-state index in [1.54, 1.807) is 18.2 Å². The van der Waals surface area contributed by atoms with Crippen molar-refractivity contribution in [2.75, 3.05) is 11.9 Å². The summed E-state index contributed by atoms with van der Waals surface area (Å²) in [5.41, 5.74) is 0.756. The molecule has 2 aromatic rings. The third-order valence-corrected chi connectivity index (χ3v) is 4.58. The second-order valence-electron chi connectivity index (χ2n) is 5.99. The number of imide groups is 1. The van der Waals surface area contributed by atoms with Crippen LogP contribution >= 0.6 is 23.2 Å². The molecule has 0 saturated carbocycles. The second kappa shape index (κ2) is 8.00. The van der Waals surface area contributed by atoms with Gasteiger partial charge in [0.15, 0.2) is 6.10 Å². The SMILES string of the molecule is C[C@@H](OC(=O)CN1C(=O)c2ccccc2C1=O)C(=O)Nc1ccc(Cl)cc1Cl. The average molecular weight is 421 g/mol. The fourth-order valence-corrected chi connectivity index (χ4v) is 3.08. The van der Waals surface area contributed by atoms with E-state index in [4.69, 9.17) is 27.9 Å². The highest BCUT2D eigenvalue weighted by molar-refractivity contribution is 6.36. The first kappa shape index (κ1) is 19.9. The Morgan fingerprint density at radius 1 is 1.07 bits per heavy atom. The normalized spacial score (nSPS) is 13.9. The fraction of sp³-hybridized carbons (Fsp3) is 0.158. The zero-order valence-corrected chi connectivity index (χ0v) is 16.1. The maximum Gasteiger partial charge on any atom is 0.326 e. The van der Waals surface area contributed by atoms with Crippen LogP contribution in [0.5, 0.6) is 0 Å². The van der Waals surface area contributed by atoms with Crippen LogP contribution in [0.1, 0.15) is 27.6 Å². The molecular weight excluding hydrogens is 407 g/mol. The van der Waals surface area contributed by atoms with Gasteiger partial charge in [-0.15, -0.1) is 0 Å². The summed E-state index contributed by atoms with van der Waals surface area (Å²) in [5.74, 6) is -2.68. The molecule has 0 fully saturated rings. The summed E-state index contributed by atoms with van der Waals surface area (Å²) in [6.07, 6.45) is -1.17. The summed E-state index contributed by atoms with van der Waals surface area (Å²) in [6.45, 7) is 0.769. The predicted octanol–water partition coefficient (Wildman–Crippen LogP) is 3.16. The molecule has 1 N–H and O–H groups in total. The summed E-state index contributed by atoms with van der Waals surface area (Å²) < 4.78 is 5.04. The maximum atomic E-state index is 12.3. The quantitative estimate of drug-likeness (QED) is 0.592. The minimum absolute atomic E-state index is 0.225. The number of nitrogens with zero attached hydrogens (tertiary/aromatic N) is 1. The largest absolute Gasteiger partial charge is 0.451 e.